The van der Waals surface area contributed by atoms with Gasteiger partial charge in [0.15, 0.2) is 0 Å². The zero-order valence-electron chi connectivity index (χ0n) is 12.1. The van der Waals surface area contributed by atoms with Crippen LogP contribution < -0.4 is 5.32 Å². The van der Waals surface area contributed by atoms with Gasteiger partial charge in [-0.05, 0) is 55.7 Å². The van der Waals surface area contributed by atoms with E-state index in [1.165, 1.54) is 16.7 Å². The molecular weight excluding hydrogens is 248 g/mol. The van der Waals surface area contributed by atoms with Crippen LogP contribution in [0.2, 0.25) is 0 Å². The molecule has 0 aliphatic carbocycles. The molecule has 0 radical (unpaired) electrons. The van der Waals surface area contributed by atoms with Crippen molar-refractivity contribution in [1.82, 2.24) is 10.2 Å². The Morgan fingerprint density at radius 3 is 2.45 bits per heavy atom. The van der Waals surface area contributed by atoms with E-state index in [1.807, 2.05) is 12.1 Å². The highest BCUT2D eigenvalue weighted by molar-refractivity contribution is 5.65. The fourth-order valence-electron chi connectivity index (χ4n) is 2.05. The lowest BCUT2D eigenvalue weighted by Crippen LogP contribution is -2.03. The SMILES string of the molecule is Cc1cc(C)c(-c2ccc(NCCC#N)nn2)cc1C. The van der Waals surface area contributed by atoms with Gasteiger partial charge in [-0.1, -0.05) is 6.07 Å². The van der Waals surface area contributed by atoms with Crippen LogP contribution in [-0.4, -0.2) is 16.7 Å². The van der Waals surface area contributed by atoms with Crippen molar-refractivity contribution in [1.29, 1.82) is 5.26 Å². The Balaban J connectivity index is 2.22. The Labute approximate surface area is 119 Å². The van der Waals surface area contributed by atoms with Crippen LogP contribution in [0.5, 0.6) is 0 Å². The molecule has 4 nitrogen and oxygen atoms in total. The van der Waals surface area contributed by atoms with Gasteiger partial charge in [0.2, 0.25) is 0 Å². The zero-order chi connectivity index (χ0) is 14.5. The third-order valence-corrected chi connectivity index (χ3v) is 3.32. The molecule has 0 saturated heterocycles. The summed E-state index contributed by atoms with van der Waals surface area (Å²) < 4.78 is 0. The van der Waals surface area contributed by atoms with Crippen molar-refractivity contribution in [2.24, 2.45) is 0 Å². The van der Waals surface area contributed by atoms with E-state index in [0.717, 1.165) is 11.3 Å². The standard InChI is InChI=1S/C16H18N4/c1-11-9-13(3)14(10-12(11)2)15-5-6-16(20-19-15)18-8-4-7-17/h5-6,9-10H,4,8H2,1-3H3,(H,18,20). The fourth-order valence-corrected chi connectivity index (χ4v) is 2.05. The van der Waals surface area contributed by atoms with Crippen LogP contribution in [0, 0.1) is 32.1 Å². The molecule has 0 aliphatic heterocycles. The third-order valence-electron chi connectivity index (χ3n) is 3.32. The summed E-state index contributed by atoms with van der Waals surface area (Å²) in [5.74, 6) is 0.700. The average molecular weight is 266 g/mol. The summed E-state index contributed by atoms with van der Waals surface area (Å²) in [6, 6.07) is 10.3. The van der Waals surface area contributed by atoms with Crippen molar-refractivity contribution >= 4 is 5.82 Å². The first-order chi connectivity index (χ1) is 9.61. The largest absolute Gasteiger partial charge is 0.368 e. The number of anilines is 1. The first kappa shape index (κ1) is 14.0. The molecule has 0 amide bonds. The zero-order valence-corrected chi connectivity index (χ0v) is 12.1. The van der Waals surface area contributed by atoms with Gasteiger partial charge in [-0.3, -0.25) is 0 Å². The molecule has 0 bridgehead atoms. The van der Waals surface area contributed by atoms with Crippen LogP contribution in [0.15, 0.2) is 24.3 Å². The minimum absolute atomic E-state index is 0.458. The minimum atomic E-state index is 0.458. The molecule has 1 heterocycles. The highest BCUT2D eigenvalue weighted by Gasteiger charge is 2.06. The second kappa shape index (κ2) is 6.16. The Kier molecular flexibility index (Phi) is 4.31. The monoisotopic (exact) mass is 266 g/mol. The summed E-state index contributed by atoms with van der Waals surface area (Å²) in [5, 5.41) is 20.0. The van der Waals surface area contributed by atoms with Crippen LogP contribution >= 0.6 is 0 Å². The molecule has 0 unspecified atom stereocenters. The van der Waals surface area contributed by atoms with Crippen molar-refractivity contribution in [3.05, 3.63) is 41.0 Å². The number of aromatic nitrogens is 2. The highest BCUT2D eigenvalue weighted by Crippen LogP contribution is 2.24. The second-order valence-corrected chi connectivity index (χ2v) is 4.89. The number of rotatable bonds is 4. The van der Waals surface area contributed by atoms with E-state index >= 15 is 0 Å². The lowest BCUT2D eigenvalue weighted by Gasteiger charge is -2.09. The smallest absolute Gasteiger partial charge is 0.148 e. The highest BCUT2D eigenvalue weighted by atomic mass is 15.2. The molecule has 102 valence electrons. The summed E-state index contributed by atoms with van der Waals surface area (Å²) in [5.41, 5.74) is 5.73. The molecule has 0 aliphatic rings. The van der Waals surface area contributed by atoms with Gasteiger partial charge < -0.3 is 5.32 Å². The normalized spacial score (nSPS) is 10.1. The summed E-state index contributed by atoms with van der Waals surface area (Å²) in [4.78, 5) is 0. The summed E-state index contributed by atoms with van der Waals surface area (Å²) in [6.07, 6.45) is 0.458. The third kappa shape index (κ3) is 3.12. The van der Waals surface area contributed by atoms with E-state index in [-0.39, 0.29) is 0 Å². The molecule has 4 heteroatoms. The first-order valence-electron chi connectivity index (χ1n) is 6.64. The van der Waals surface area contributed by atoms with E-state index in [4.69, 9.17) is 5.26 Å². The van der Waals surface area contributed by atoms with Crippen molar-refractivity contribution in [3.63, 3.8) is 0 Å². The van der Waals surface area contributed by atoms with E-state index in [9.17, 15) is 0 Å². The van der Waals surface area contributed by atoms with Crippen molar-refractivity contribution in [3.8, 4) is 17.3 Å². The maximum Gasteiger partial charge on any atom is 0.148 e. The molecule has 0 fully saturated rings. The van der Waals surface area contributed by atoms with Crippen LogP contribution in [0.4, 0.5) is 5.82 Å². The number of nitrogens with zero attached hydrogens (tertiary/aromatic N) is 3. The Morgan fingerprint density at radius 2 is 1.80 bits per heavy atom. The topological polar surface area (TPSA) is 61.6 Å². The maximum atomic E-state index is 8.49. The summed E-state index contributed by atoms with van der Waals surface area (Å²) in [7, 11) is 0. The van der Waals surface area contributed by atoms with Crippen molar-refractivity contribution in [2.45, 2.75) is 27.2 Å². The lowest BCUT2D eigenvalue weighted by atomic mass is 9.99. The molecule has 0 saturated carbocycles. The van der Waals surface area contributed by atoms with E-state index < -0.39 is 0 Å². The molecule has 1 aromatic carbocycles. The number of benzene rings is 1. The van der Waals surface area contributed by atoms with E-state index in [0.29, 0.717) is 18.8 Å². The van der Waals surface area contributed by atoms with Gasteiger partial charge in [-0.2, -0.15) is 5.26 Å². The first-order valence-corrected chi connectivity index (χ1v) is 6.64. The summed E-state index contributed by atoms with van der Waals surface area (Å²) >= 11 is 0. The molecule has 1 N–H and O–H groups in total. The Bertz CT molecular complexity index is 639. The lowest BCUT2D eigenvalue weighted by molar-refractivity contribution is 0.991. The molecule has 0 atom stereocenters. The van der Waals surface area contributed by atoms with Gasteiger partial charge in [-0.25, -0.2) is 0 Å². The van der Waals surface area contributed by atoms with Gasteiger partial charge in [0.05, 0.1) is 18.2 Å². The van der Waals surface area contributed by atoms with Crippen LogP contribution in [0.3, 0.4) is 0 Å². The quantitative estimate of drug-likeness (QED) is 0.862. The molecule has 1 aromatic heterocycles. The summed E-state index contributed by atoms with van der Waals surface area (Å²) in [6.45, 7) is 6.89. The number of hydrogen-bond donors (Lipinski definition) is 1. The van der Waals surface area contributed by atoms with Crippen LogP contribution in [0.1, 0.15) is 23.1 Å². The molecule has 0 spiro atoms. The van der Waals surface area contributed by atoms with Gasteiger partial charge in [0.1, 0.15) is 5.82 Å². The predicted molar refractivity (Wildman–Crippen MR) is 80.4 cm³/mol. The molecule has 20 heavy (non-hydrogen) atoms. The minimum Gasteiger partial charge on any atom is -0.368 e. The van der Waals surface area contributed by atoms with Gasteiger partial charge in [0, 0.05) is 12.1 Å². The van der Waals surface area contributed by atoms with Gasteiger partial charge in [-0.15, -0.1) is 10.2 Å². The number of aryl methyl sites for hydroxylation is 3. The van der Waals surface area contributed by atoms with E-state index in [1.54, 1.807) is 0 Å². The number of nitriles is 1. The van der Waals surface area contributed by atoms with Crippen LogP contribution in [0.25, 0.3) is 11.3 Å². The Morgan fingerprint density at radius 1 is 1.05 bits per heavy atom. The maximum absolute atomic E-state index is 8.49. The van der Waals surface area contributed by atoms with E-state index in [2.05, 4.69) is 54.5 Å². The predicted octanol–water partition coefficient (Wildman–Crippen LogP) is 3.39. The van der Waals surface area contributed by atoms with Crippen molar-refractivity contribution in [2.75, 3.05) is 11.9 Å². The van der Waals surface area contributed by atoms with Crippen molar-refractivity contribution < 1.29 is 0 Å². The van der Waals surface area contributed by atoms with Gasteiger partial charge >= 0.3 is 0 Å². The average Bonchev–Trinajstić information content (AvgIpc) is 2.44. The fraction of sp³-hybridized carbons (Fsp3) is 0.312. The molecule has 2 aromatic rings. The molecular formula is C16H18N4. The Hall–Kier alpha value is -2.41. The van der Waals surface area contributed by atoms with Gasteiger partial charge in [0.25, 0.3) is 0 Å². The number of nitrogens with one attached hydrogen (secondary N) is 1. The van der Waals surface area contributed by atoms with Crippen LogP contribution in [-0.2, 0) is 0 Å². The second-order valence-electron chi connectivity index (χ2n) is 4.89. The molecule has 2 rings (SSSR count). The number of hydrogen-bond acceptors (Lipinski definition) is 4.